The monoisotopic (exact) mass is 413 g/mol. The summed E-state index contributed by atoms with van der Waals surface area (Å²) in [5, 5.41) is 8.70. The number of unbranched alkanes of at least 4 members (excludes halogenated alkanes) is 2. The number of benzene rings is 2. The van der Waals surface area contributed by atoms with E-state index >= 15 is 0 Å². The Morgan fingerprint density at radius 1 is 0.903 bits per heavy atom. The van der Waals surface area contributed by atoms with Gasteiger partial charge in [0.25, 0.3) is 0 Å². The molecule has 0 aliphatic heterocycles. The molecule has 2 heterocycles. The van der Waals surface area contributed by atoms with Crippen molar-refractivity contribution < 1.29 is 4.52 Å². The Morgan fingerprint density at radius 3 is 2.65 bits per heavy atom. The van der Waals surface area contributed by atoms with Crippen molar-refractivity contribution in [1.29, 1.82) is 0 Å². The summed E-state index contributed by atoms with van der Waals surface area (Å²) in [6.45, 7) is 5.53. The third-order valence-corrected chi connectivity index (χ3v) is 5.43. The van der Waals surface area contributed by atoms with Crippen molar-refractivity contribution in [2.45, 2.75) is 45.1 Å². The molecule has 0 bridgehead atoms. The molecule has 5 heteroatoms. The zero-order valence-corrected chi connectivity index (χ0v) is 17.9. The zero-order valence-electron chi connectivity index (χ0n) is 17.9. The number of aromatic nitrogens is 3. The van der Waals surface area contributed by atoms with Gasteiger partial charge < -0.3 is 9.84 Å². The molecule has 5 nitrogen and oxygen atoms in total. The number of fused-ring (bicyclic) bond motifs is 1. The second-order valence-corrected chi connectivity index (χ2v) is 7.76. The van der Waals surface area contributed by atoms with E-state index in [-0.39, 0.29) is 0 Å². The van der Waals surface area contributed by atoms with Crippen LogP contribution in [0.1, 0.15) is 42.7 Å². The lowest BCUT2D eigenvalue weighted by Crippen LogP contribution is -2.14. The van der Waals surface area contributed by atoms with Crippen LogP contribution in [0.4, 0.5) is 0 Å². The SMILES string of the molecule is [CH2]CCNCc1ccc(-c2noc(CCCCCc3ccccc3)n2)c2cccnc12. The molecule has 4 rings (SSSR count). The van der Waals surface area contributed by atoms with Crippen LogP contribution in [-0.2, 0) is 19.4 Å². The molecule has 0 saturated carbocycles. The molecule has 0 spiro atoms. The summed E-state index contributed by atoms with van der Waals surface area (Å²) in [6, 6.07) is 18.8. The molecule has 0 aliphatic rings. The van der Waals surface area contributed by atoms with E-state index < -0.39 is 0 Å². The van der Waals surface area contributed by atoms with E-state index in [0.717, 1.165) is 67.2 Å². The highest BCUT2D eigenvalue weighted by Gasteiger charge is 2.14. The summed E-state index contributed by atoms with van der Waals surface area (Å²) in [5.74, 6) is 1.34. The van der Waals surface area contributed by atoms with Crippen molar-refractivity contribution in [2.75, 3.05) is 6.54 Å². The maximum absolute atomic E-state index is 5.54. The van der Waals surface area contributed by atoms with Crippen molar-refractivity contribution in [3.8, 4) is 11.4 Å². The molecule has 2 aromatic carbocycles. The minimum absolute atomic E-state index is 0.634. The third-order valence-electron chi connectivity index (χ3n) is 5.43. The van der Waals surface area contributed by atoms with E-state index in [9.17, 15) is 0 Å². The molecule has 0 unspecified atom stereocenters. The first-order valence-corrected chi connectivity index (χ1v) is 11.1. The van der Waals surface area contributed by atoms with Gasteiger partial charge in [-0.25, -0.2) is 0 Å². The minimum atomic E-state index is 0.634. The topological polar surface area (TPSA) is 63.8 Å². The fourth-order valence-electron chi connectivity index (χ4n) is 3.81. The van der Waals surface area contributed by atoms with Crippen LogP contribution < -0.4 is 5.32 Å². The second-order valence-electron chi connectivity index (χ2n) is 7.76. The fraction of sp³-hybridized carbons (Fsp3) is 0.308. The predicted molar refractivity (Wildman–Crippen MR) is 124 cm³/mol. The first kappa shape index (κ1) is 21.2. The lowest BCUT2D eigenvalue weighted by molar-refractivity contribution is 0.374. The largest absolute Gasteiger partial charge is 0.339 e. The van der Waals surface area contributed by atoms with Crippen LogP contribution in [0.15, 0.2) is 65.3 Å². The van der Waals surface area contributed by atoms with Crippen LogP contribution in [0.25, 0.3) is 22.3 Å². The van der Waals surface area contributed by atoms with Gasteiger partial charge in [-0.1, -0.05) is 61.0 Å². The first-order valence-electron chi connectivity index (χ1n) is 11.1. The summed E-state index contributed by atoms with van der Waals surface area (Å²) < 4.78 is 5.54. The maximum Gasteiger partial charge on any atom is 0.226 e. The van der Waals surface area contributed by atoms with Crippen LogP contribution in [0.3, 0.4) is 0 Å². The van der Waals surface area contributed by atoms with Crippen molar-refractivity contribution >= 4 is 10.9 Å². The van der Waals surface area contributed by atoms with Gasteiger partial charge in [0.1, 0.15) is 0 Å². The summed E-state index contributed by atoms with van der Waals surface area (Å²) in [5.41, 5.74) is 4.50. The van der Waals surface area contributed by atoms with Gasteiger partial charge in [0, 0.05) is 30.1 Å². The number of nitrogens with zero attached hydrogens (tertiary/aromatic N) is 3. The lowest BCUT2D eigenvalue weighted by atomic mass is 10.0. The number of hydrogen-bond acceptors (Lipinski definition) is 5. The molecular formula is C26H29N4O. The highest BCUT2D eigenvalue weighted by molar-refractivity contribution is 5.94. The number of aryl methyl sites for hydroxylation is 2. The summed E-state index contributed by atoms with van der Waals surface area (Å²) in [4.78, 5) is 9.27. The smallest absolute Gasteiger partial charge is 0.226 e. The van der Waals surface area contributed by atoms with E-state index in [4.69, 9.17) is 4.52 Å². The fourth-order valence-corrected chi connectivity index (χ4v) is 3.81. The molecule has 1 N–H and O–H groups in total. The Morgan fingerprint density at radius 2 is 1.77 bits per heavy atom. The van der Waals surface area contributed by atoms with Crippen molar-refractivity contribution in [3.63, 3.8) is 0 Å². The molecule has 31 heavy (non-hydrogen) atoms. The zero-order chi connectivity index (χ0) is 21.3. The van der Waals surface area contributed by atoms with Gasteiger partial charge in [-0.2, -0.15) is 4.98 Å². The first-order chi connectivity index (χ1) is 15.3. The molecule has 2 aromatic heterocycles. The highest BCUT2D eigenvalue weighted by Crippen LogP contribution is 2.28. The van der Waals surface area contributed by atoms with Crippen molar-refractivity contribution in [3.05, 3.63) is 84.7 Å². The predicted octanol–water partition coefficient (Wildman–Crippen LogP) is 5.55. The van der Waals surface area contributed by atoms with E-state index in [2.05, 4.69) is 75.9 Å². The lowest BCUT2D eigenvalue weighted by Gasteiger charge is -2.09. The van der Waals surface area contributed by atoms with Gasteiger partial charge >= 0.3 is 0 Å². The van der Waals surface area contributed by atoms with Crippen LogP contribution >= 0.6 is 0 Å². The van der Waals surface area contributed by atoms with Crippen molar-refractivity contribution in [1.82, 2.24) is 20.4 Å². The molecule has 0 aliphatic carbocycles. The Labute approximate surface area is 183 Å². The highest BCUT2D eigenvalue weighted by atomic mass is 16.5. The third kappa shape index (κ3) is 5.56. The van der Waals surface area contributed by atoms with Gasteiger partial charge in [-0.05, 0) is 55.5 Å². The molecule has 0 atom stereocenters. The van der Waals surface area contributed by atoms with Gasteiger partial charge in [-0.3, -0.25) is 4.98 Å². The van der Waals surface area contributed by atoms with Gasteiger partial charge in [-0.15, -0.1) is 0 Å². The number of hydrogen-bond donors (Lipinski definition) is 1. The molecule has 0 fully saturated rings. The van der Waals surface area contributed by atoms with E-state index in [1.54, 1.807) is 0 Å². The standard InChI is InChI=1S/C26H29N4O/c1-2-17-27-19-21-15-16-23(22-13-9-18-28-25(21)22)26-29-24(31-30-26)14-8-4-7-12-20-10-5-3-6-11-20/h3,5-6,9-11,13,15-16,18,27H,1-2,4,7-8,12,14,17,19H2. The molecular weight excluding hydrogens is 384 g/mol. The Bertz CT molecular complexity index is 1090. The normalized spacial score (nSPS) is 11.3. The molecule has 0 amide bonds. The van der Waals surface area contributed by atoms with Gasteiger partial charge in [0.2, 0.25) is 11.7 Å². The molecule has 0 saturated heterocycles. The summed E-state index contributed by atoms with van der Waals surface area (Å²) in [6.07, 6.45) is 7.98. The average molecular weight is 414 g/mol. The van der Waals surface area contributed by atoms with E-state index in [1.807, 2.05) is 12.3 Å². The average Bonchev–Trinajstić information content (AvgIpc) is 3.28. The Balaban J connectivity index is 1.38. The van der Waals surface area contributed by atoms with Crippen LogP contribution in [0.2, 0.25) is 0 Å². The van der Waals surface area contributed by atoms with E-state index in [1.165, 1.54) is 12.0 Å². The number of pyridine rings is 1. The summed E-state index contributed by atoms with van der Waals surface area (Å²) >= 11 is 0. The maximum atomic E-state index is 5.54. The van der Waals surface area contributed by atoms with E-state index in [0.29, 0.717) is 11.7 Å². The minimum Gasteiger partial charge on any atom is -0.339 e. The molecule has 4 aromatic rings. The summed E-state index contributed by atoms with van der Waals surface area (Å²) in [7, 11) is 0. The van der Waals surface area contributed by atoms with Crippen LogP contribution in [-0.4, -0.2) is 21.7 Å². The number of nitrogens with one attached hydrogen (secondary N) is 1. The van der Waals surface area contributed by atoms with Gasteiger partial charge in [0.15, 0.2) is 0 Å². The Hall–Kier alpha value is -3.05. The van der Waals surface area contributed by atoms with Crippen LogP contribution in [0, 0.1) is 6.92 Å². The second kappa shape index (κ2) is 10.8. The molecule has 1 radical (unpaired) electrons. The Kier molecular flexibility index (Phi) is 7.40. The van der Waals surface area contributed by atoms with Crippen LogP contribution in [0.5, 0.6) is 0 Å². The number of rotatable bonds is 11. The van der Waals surface area contributed by atoms with Crippen molar-refractivity contribution in [2.24, 2.45) is 0 Å². The van der Waals surface area contributed by atoms with Gasteiger partial charge in [0.05, 0.1) is 5.52 Å². The molecule has 159 valence electrons. The quantitative estimate of drug-likeness (QED) is 0.326.